The number of rotatable bonds is 7. The van der Waals surface area contributed by atoms with Crippen LogP contribution in [0.15, 0.2) is 102 Å². The largest absolute Gasteiger partial charge is 0.497 e. The zero-order valence-electron chi connectivity index (χ0n) is 22.0. The molecule has 5 rings (SSSR count). The van der Waals surface area contributed by atoms with Gasteiger partial charge in [0, 0.05) is 44.4 Å². The smallest absolute Gasteiger partial charge is 0.376 e. The summed E-state index contributed by atoms with van der Waals surface area (Å²) in [5.74, 6) is -1.10. The molecule has 40 heavy (non-hydrogen) atoms. The molecule has 2 amide bonds. The summed E-state index contributed by atoms with van der Waals surface area (Å²) in [6.07, 6.45) is 1.30. The van der Waals surface area contributed by atoms with Gasteiger partial charge in [-0.25, -0.2) is 14.8 Å². The Balaban J connectivity index is 1.40. The number of nitrogens with one attached hydrogen (secondary N) is 1. The van der Waals surface area contributed by atoms with Gasteiger partial charge in [0.15, 0.2) is 5.70 Å². The van der Waals surface area contributed by atoms with Crippen molar-refractivity contribution in [3.63, 3.8) is 0 Å². The normalized spacial score (nSPS) is 17.2. The van der Waals surface area contributed by atoms with Crippen LogP contribution >= 0.6 is 0 Å². The van der Waals surface area contributed by atoms with Gasteiger partial charge in [-0.3, -0.25) is 14.5 Å². The number of benzene rings is 3. The number of ether oxygens (including phenoxy) is 1. The fourth-order valence-electron chi connectivity index (χ4n) is 4.47. The molecule has 1 N–H and O–H groups in total. The molecular formula is C30H29N5O5. The molecule has 2 fully saturated rings. The van der Waals surface area contributed by atoms with Crippen molar-refractivity contribution in [1.82, 2.24) is 15.4 Å². The maximum Gasteiger partial charge on any atom is 0.376 e. The van der Waals surface area contributed by atoms with E-state index in [1.807, 2.05) is 18.2 Å². The summed E-state index contributed by atoms with van der Waals surface area (Å²) < 4.78 is 5.21. The summed E-state index contributed by atoms with van der Waals surface area (Å²) in [4.78, 5) is 52.6. The molecule has 2 aliphatic heterocycles. The first-order valence-electron chi connectivity index (χ1n) is 12.9. The molecule has 3 aromatic carbocycles. The molecule has 0 bridgehead atoms. The lowest BCUT2D eigenvalue weighted by atomic mass is 10.1. The Morgan fingerprint density at radius 1 is 0.925 bits per heavy atom. The van der Waals surface area contributed by atoms with E-state index in [-0.39, 0.29) is 11.4 Å². The number of anilines is 1. The zero-order valence-corrected chi connectivity index (χ0v) is 22.0. The van der Waals surface area contributed by atoms with E-state index < -0.39 is 17.8 Å². The van der Waals surface area contributed by atoms with E-state index in [0.29, 0.717) is 43.2 Å². The lowest BCUT2D eigenvalue weighted by Crippen LogP contribution is -2.50. The average Bonchev–Trinajstić information content (AvgIpc) is 3.37. The number of aliphatic imine (C=N–C) groups is 1. The Morgan fingerprint density at radius 3 is 2.23 bits per heavy atom. The Morgan fingerprint density at radius 2 is 1.57 bits per heavy atom. The molecule has 10 heteroatoms. The second-order valence-electron chi connectivity index (χ2n) is 9.27. The summed E-state index contributed by atoms with van der Waals surface area (Å²) in [5.41, 5.74) is 4.51. The maximum absolute atomic E-state index is 13.7. The first kappa shape index (κ1) is 26.8. The molecule has 0 aliphatic carbocycles. The molecule has 0 aromatic heterocycles. The fraction of sp³-hybridized carbons (Fsp3) is 0.200. The molecule has 2 saturated heterocycles. The fourth-order valence-corrected chi connectivity index (χ4v) is 4.47. The van der Waals surface area contributed by atoms with E-state index in [4.69, 9.17) is 9.57 Å². The van der Waals surface area contributed by atoms with Crippen LogP contribution in [-0.2, 0) is 21.0 Å². The number of nitrogens with zero attached hydrogens (tertiary/aromatic N) is 4. The van der Waals surface area contributed by atoms with Gasteiger partial charge in [-0.15, -0.1) is 0 Å². The van der Waals surface area contributed by atoms with Crippen LogP contribution in [-0.4, -0.2) is 66.6 Å². The van der Waals surface area contributed by atoms with Gasteiger partial charge in [0.25, 0.3) is 11.8 Å². The highest BCUT2D eigenvalue weighted by molar-refractivity contribution is 6.45. The molecule has 2 heterocycles. The molecule has 2 aliphatic rings. The third kappa shape index (κ3) is 6.25. The second-order valence-corrected chi connectivity index (χ2v) is 9.27. The third-order valence-corrected chi connectivity index (χ3v) is 6.65. The van der Waals surface area contributed by atoms with Crippen LogP contribution in [0.4, 0.5) is 5.69 Å². The number of hydrazine groups is 1. The lowest BCUT2D eigenvalue weighted by molar-refractivity contribution is -0.140. The number of carbonyl (C=O) groups is 3. The van der Waals surface area contributed by atoms with Crippen molar-refractivity contribution in [2.45, 2.75) is 6.54 Å². The van der Waals surface area contributed by atoms with E-state index in [1.165, 1.54) is 16.6 Å². The molecule has 0 radical (unpaired) electrons. The van der Waals surface area contributed by atoms with E-state index in [9.17, 15) is 14.4 Å². The van der Waals surface area contributed by atoms with E-state index >= 15 is 0 Å². The molecule has 10 nitrogen and oxygen atoms in total. The number of hydrogen-bond acceptors (Lipinski definition) is 8. The van der Waals surface area contributed by atoms with Crippen LogP contribution < -0.4 is 15.3 Å². The molecular weight excluding hydrogens is 510 g/mol. The minimum Gasteiger partial charge on any atom is -0.497 e. The number of hydrogen-bond donors (Lipinski definition) is 1. The van der Waals surface area contributed by atoms with Gasteiger partial charge in [0.1, 0.15) is 11.5 Å². The first-order chi connectivity index (χ1) is 19.5. The highest BCUT2D eigenvalue weighted by Gasteiger charge is 2.32. The Labute approximate surface area is 232 Å². The molecule has 0 spiro atoms. The van der Waals surface area contributed by atoms with Crippen LogP contribution in [0.5, 0.6) is 5.75 Å². The Kier molecular flexibility index (Phi) is 8.29. The van der Waals surface area contributed by atoms with Crippen molar-refractivity contribution in [2.24, 2.45) is 4.99 Å². The predicted octanol–water partition coefficient (Wildman–Crippen LogP) is 2.99. The van der Waals surface area contributed by atoms with Gasteiger partial charge in [0.2, 0.25) is 0 Å². The SMILES string of the molecule is COc1ccc(N2NOC(=O)/C2=C\C(=NC(=O)c2ccccc2)C(=O)N2CCN(Cc3ccccc3)CC2)cc1. The summed E-state index contributed by atoms with van der Waals surface area (Å²) >= 11 is 0. The quantitative estimate of drug-likeness (QED) is 0.361. The third-order valence-electron chi connectivity index (χ3n) is 6.65. The number of piperazine rings is 1. The first-order valence-corrected chi connectivity index (χ1v) is 12.9. The zero-order chi connectivity index (χ0) is 27.9. The van der Waals surface area contributed by atoms with Gasteiger partial charge in [-0.2, -0.15) is 0 Å². The van der Waals surface area contributed by atoms with Crippen molar-refractivity contribution in [1.29, 1.82) is 0 Å². The summed E-state index contributed by atoms with van der Waals surface area (Å²) in [6.45, 7) is 3.03. The molecule has 3 aromatic rings. The molecule has 0 saturated carbocycles. The van der Waals surface area contributed by atoms with E-state index in [1.54, 1.807) is 66.6 Å². The van der Waals surface area contributed by atoms with Gasteiger partial charge >= 0.3 is 5.97 Å². The highest BCUT2D eigenvalue weighted by atomic mass is 16.7. The predicted molar refractivity (Wildman–Crippen MR) is 149 cm³/mol. The summed E-state index contributed by atoms with van der Waals surface area (Å²) in [6, 6.07) is 25.5. The average molecular weight is 540 g/mol. The number of methoxy groups -OCH3 is 1. The topological polar surface area (TPSA) is 104 Å². The minimum atomic E-state index is -0.712. The monoisotopic (exact) mass is 539 g/mol. The van der Waals surface area contributed by atoms with Gasteiger partial charge < -0.3 is 14.5 Å². The molecule has 0 unspecified atom stereocenters. The van der Waals surface area contributed by atoms with Crippen molar-refractivity contribution in [3.05, 3.63) is 108 Å². The number of amides is 2. The second kappa shape index (κ2) is 12.4. The van der Waals surface area contributed by atoms with Crippen molar-refractivity contribution in [2.75, 3.05) is 38.3 Å². The lowest BCUT2D eigenvalue weighted by Gasteiger charge is -2.34. The van der Waals surface area contributed by atoms with Crippen molar-refractivity contribution >= 4 is 29.2 Å². The van der Waals surface area contributed by atoms with Crippen LogP contribution in [0.3, 0.4) is 0 Å². The van der Waals surface area contributed by atoms with Crippen LogP contribution in [0.1, 0.15) is 15.9 Å². The Hall–Kier alpha value is -4.80. The van der Waals surface area contributed by atoms with E-state index in [0.717, 1.165) is 6.54 Å². The standard InChI is InChI=1S/C30H29N5O5/c1-39-25-14-12-24(13-15-25)35-27(30(38)40-32-35)20-26(31-28(36)23-10-6-3-7-11-23)29(37)34-18-16-33(17-19-34)21-22-8-4-2-5-9-22/h2-15,20,32H,16-19,21H2,1H3/b27-20+,31-26?. The number of carbonyl (C=O) groups excluding carboxylic acids is 3. The maximum atomic E-state index is 13.7. The highest BCUT2D eigenvalue weighted by Crippen LogP contribution is 2.25. The van der Waals surface area contributed by atoms with Crippen molar-refractivity contribution < 1.29 is 24.0 Å². The van der Waals surface area contributed by atoms with Crippen LogP contribution in [0.2, 0.25) is 0 Å². The molecule has 0 atom stereocenters. The van der Waals surface area contributed by atoms with Gasteiger partial charge in [-0.05, 0) is 42.0 Å². The Bertz CT molecular complexity index is 1420. The van der Waals surface area contributed by atoms with Crippen molar-refractivity contribution in [3.8, 4) is 5.75 Å². The minimum absolute atomic E-state index is 0.0147. The van der Waals surface area contributed by atoms with E-state index in [2.05, 4.69) is 27.6 Å². The van der Waals surface area contributed by atoms with Gasteiger partial charge in [-0.1, -0.05) is 54.1 Å². The molecule has 204 valence electrons. The van der Waals surface area contributed by atoms with Crippen LogP contribution in [0, 0.1) is 0 Å². The summed E-state index contributed by atoms with van der Waals surface area (Å²) in [5, 5.41) is 1.38. The summed E-state index contributed by atoms with van der Waals surface area (Å²) in [7, 11) is 1.56. The van der Waals surface area contributed by atoms with Crippen LogP contribution in [0.25, 0.3) is 0 Å². The van der Waals surface area contributed by atoms with Gasteiger partial charge in [0.05, 0.1) is 12.8 Å².